The quantitative estimate of drug-likeness (QED) is 0.390. The van der Waals surface area contributed by atoms with E-state index in [2.05, 4.69) is 8.37 Å². The minimum absolute atomic E-state index is 0.196. The molecule has 0 aromatic heterocycles. The molecule has 16 heteroatoms. The Labute approximate surface area is 118 Å². The van der Waals surface area contributed by atoms with Gasteiger partial charge in [-0.15, -0.1) is 0 Å². The molecule has 0 rings (SSSR count). The summed E-state index contributed by atoms with van der Waals surface area (Å²) < 4.78 is 145. The lowest BCUT2D eigenvalue weighted by molar-refractivity contribution is -0.160. The molecule has 0 amide bonds. The van der Waals surface area contributed by atoms with E-state index in [0.29, 0.717) is 0 Å². The molecule has 2 unspecified atom stereocenters. The highest BCUT2D eigenvalue weighted by molar-refractivity contribution is 7.88. The third-order valence-electron chi connectivity index (χ3n) is 1.56. The van der Waals surface area contributed by atoms with Crippen LogP contribution in [0.2, 0.25) is 0 Å². The first-order valence-corrected chi connectivity index (χ1v) is 7.61. The van der Waals surface area contributed by atoms with E-state index in [-0.39, 0.29) is 6.92 Å². The summed E-state index contributed by atoms with van der Waals surface area (Å²) in [4.78, 5) is 0. The number of halogens is 8. The molecule has 0 aromatic carbocycles. The van der Waals surface area contributed by atoms with E-state index in [1.165, 1.54) is 0 Å². The van der Waals surface area contributed by atoms with Gasteiger partial charge in [0.05, 0.1) is 0 Å². The molecular weight excluding hydrogens is 384 g/mol. The Morgan fingerprint density at radius 1 is 0.727 bits per heavy atom. The Balaban J connectivity index is 5.08. The zero-order valence-corrected chi connectivity index (χ0v) is 11.7. The van der Waals surface area contributed by atoms with Crippen molar-refractivity contribution in [1.29, 1.82) is 0 Å². The fourth-order valence-corrected chi connectivity index (χ4v) is 2.55. The van der Waals surface area contributed by atoms with Crippen LogP contribution in [0.3, 0.4) is 0 Å². The molecule has 0 saturated carbocycles. The van der Waals surface area contributed by atoms with Gasteiger partial charge in [-0.25, -0.2) is 17.1 Å². The smallest absolute Gasteiger partial charge is 0.235 e. The maximum atomic E-state index is 12.5. The van der Waals surface area contributed by atoms with Gasteiger partial charge in [0.1, 0.15) is 0 Å². The minimum Gasteiger partial charge on any atom is -0.235 e. The van der Waals surface area contributed by atoms with Crippen LogP contribution in [0.25, 0.3) is 0 Å². The van der Waals surface area contributed by atoms with Gasteiger partial charge in [-0.1, -0.05) is 0 Å². The summed E-state index contributed by atoms with van der Waals surface area (Å²) in [5, 5.41) is 0. The van der Waals surface area contributed by atoms with Gasteiger partial charge >= 0.3 is 43.6 Å². The average molecular weight is 390 g/mol. The molecule has 6 nitrogen and oxygen atoms in total. The van der Waals surface area contributed by atoms with Crippen LogP contribution < -0.4 is 0 Å². The Bertz CT molecular complexity index is 525. The summed E-state index contributed by atoms with van der Waals surface area (Å²) >= 11 is 0. The van der Waals surface area contributed by atoms with E-state index >= 15 is 0 Å². The molecule has 0 N–H and O–H groups in total. The van der Waals surface area contributed by atoms with E-state index < -0.39 is 49.9 Å². The van der Waals surface area contributed by atoms with Crippen LogP contribution in [0.15, 0.2) is 0 Å². The third kappa shape index (κ3) is 5.81. The largest absolute Gasteiger partial charge is 0.436 e. The van der Waals surface area contributed by atoms with Crippen molar-refractivity contribution in [3.63, 3.8) is 0 Å². The molecule has 22 heavy (non-hydrogen) atoms. The van der Waals surface area contributed by atoms with Crippen LogP contribution >= 0.6 is 0 Å². The lowest BCUT2D eigenvalue weighted by Crippen LogP contribution is -2.39. The topological polar surface area (TPSA) is 86.7 Å². The van der Waals surface area contributed by atoms with Crippen LogP contribution in [0.1, 0.15) is 6.92 Å². The van der Waals surface area contributed by atoms with Gasteiger partial charge < -0.3 is 0 Å². The highest BCUT2D eigenvalue weighted by atomic mass is 32.2. The molecule has 0 heterocycles. The van der Waals surface area contributed by atoms with Crippen molar-refractivity contribution in [3.05, 3.63) is 0 Å². The standard InChI is InChI=1S/C6H6F8O6S2/c1-2(19-21(15,16)3(7)5(9,10)11)20-22(17,18)4(8)6(12,13)14/h2-4H,1H3. The van der Waals surface area contributed by atoms with Crippen molar-refractivity contribution >= 4 is 20.2 Å². The fraction of sp³-hybridized carbons (Fsp3) is 1.00. The molecule has 0 aromatic rings. The first-order chi connectivity index (χ1) is 9.41. The summed E-state index contributed by atoms with van der Waals surface area (Å²) in [6.07, 6.45) is -14.8. The molecule has 0 aliphatic carbocycles. The van der Waals surface area contributed by atoms with Gasteiger partial charge in [-0.05, 0) is 6.92 Å². The van der Waals surface area contributed by atoms with Crippen LogP contribution in [-0.4, -0.2) is 46.5 Å². The van der Waals surface area contributed by atoms with Gasteiger partial charge in [0.2, 0.25) is 0 Å². The van der Waals surface area contributed by atoms with Crippen molar-refractivity contribution in [2.45, 2.75) is 36.6 Å². The van der Waals surface area contributed by atoms with E-state index in [1.54, 1.807) is 0 Å². The molecule has 0 saturated heterocycles. The number of hydrogen-bond acceptors (Lipinski definition) is 6. The molecule has 0 radical (unpaired) electrons. The van der Waals surface area contributed by atoms with Crippen LogP contribution in [0, 0.1) is 0 Å². The van der Waals surface area contributed by atoms with Crippen LogP contribution in [-0.2, 0) is 28.6 Å². The summed E-state index contributed by atoms with van der Waals surface area (Å²) in [7, 11) is -12.3. The van der Waals surface area contributed by atoms with Gasteiger partial charge in [0, 0.05) is 0 Å². The molecule has 2 atom stereocenters. The Hall–Kier alpha value is -0.740. The lowest BCUT2D eigenvalue weighted by Gasteiger charge is -2.18. The lowest BCUT2D eigenvalue weighted by atomic mass is 10.7. The Morgan fingerprint density at radius 2 is 0.955 bits per heavy atom. The Kier molecular flexibility index (Phi) is 6.19. The molecule has 0 fully saturated rings. The monoisotopic (exact) mass is 390 g/mol. The average Bonchev–Trinajstić information content (AvgIpc) is 2.22. The van der Waals surface area contributed by atoms with Crippen molar-refractivity contribution in [2.24, 2.45) is 0 Å². The summed E-state index contributed by atoms with van der Waals surface area (Å²) in [5.41, 5.74) is -9.23. The molecule has 0 spiro atoms. The maximum absolute atomic E-state index is 12.5. The second-order valence-electron chi connectivity index (χ2n) is 3.46. The van der Waals surface area contributed by atoms with E-state index in [4.69, 9.17) is 0 Å². The SMILES string of the molecule is CC(OS(=O)(=O)C(F)C(F)(F)F)OS(=O)(=O)C(F)C(F)(F)F. The second kappa shape index (κ2) is 6.40. The summed E-state index contributed by atoms with van der Waals surface area (Å²) in [6.45, 7) is 0.196. The summed E-state index contributed by atoms with van der Waals surface area (Å²) in [6, 6.07) is 0. The second-order valence-corrected chi connectivity index (χ2v) is 6.64. The normalized spacial score (nSPS) is 18.8. The maximum Gasteiger partial charge on any atom is 0.436 e. The van der Waals surface area contributed by atoms with Crippen molar-refractivity contribution in [1.82, 2.24) is 0 Å². The fourth-order valence-electron chi connectivity index (χ4n) is 0.819. The first-order valence-electron chi connectivity index (χ1n) is 4.67. The molecule has 0 bridgehead atoms. The summed E-state index contributed by atoms with van der Waals surface area (Å²) in [5.74, 6) is 0. The van der Waals surface area contributed by atoms with E-state index in [9.17, 15) is 52.0 Å². The number of rotatable bonds is 6. The van der Waals surface area contributed by atoms with Crippen LogP contribution in [0.5, 0.6) is 0 Å². The highest BCUT2D eigenvalue weighted by Crippen LogP contribution is 2.31. The third-order valence-corrected chi connectivity index (χ3v) is 4.19. The van der Waals surface area contributed by atoms with Gasteiger partial charge in [-0.3, -0.25) is 0 Å². The predicted molar refractivity (Wildman–Crippen MR) is 51.4 cm³/mol. The highest BCUT2D eigenvalue weighted by Gasteiger charge is 2.53. The van der Waals surface area contributed by atoms with Gasteiger partial charge in [0.25, 0.3) is 0 Å². The number of alkyl halides is 8. The van der Waals surface area contributed by atoms with Crippen molar-refractivity contribution in [3.8, 4) is 0 Å². The molecule has 0 aliphatic rings. The molecule has 134 valence electrons. The van der Waals surface area contributed by atoms with Gasteiger partial charge in [-0.2, -0.15) is 43.2 Å². The van der Waals surface area contributed by atoms with Gasteiger partial charge in [0.15, 0.2) is 6.29 Å². The zero-order valence-electron chi connectivity index (χ0n) is 10.0. The minimum atomic E-state index is -6.14. The molecular formula is C6H6F8O6S2. The van der Waals surface area contributed by atoms with E-state index in [0.717, 1.165) is 0 Å². The predicted octanol–water partition coefficient (Wildman–Crippen LogP) is 1.74. The number of hydrogen-bond donors (Lipinski definition) is 0. The zero-order chi connectivity index (χ0) is 18.1. The van der Waals surface area contributed by atoms with Crippen molar-refractivity contribution in [2.75, 3.05) is 0 Å². The first kappa shape index (κ1) is 21.3. The Morgan fingerprint density at radius 3 is 1.14 bits per heavy atom. The van der Waals surface area contributed by atoms with E-state index in [1.807, 2.05) is 0 Å². The van der Waals surface area contributed by atoms with Crippen molar-refractivity contribution < 1.29 is 60.3 Å². The van der Waals surface area contributed by atoms with Crippen LogP contribution in [0.4, 0.5) is 35.1 Å². The molecule has 0 aliphatic heterocycles.